The van der Waals surface area contributed by atoms with Crippen LogP contribution in [0.1, 0.15) is 5.56 Å². The Morgan fingerprint density at radius 2 is 2.00 bits per heavy atom. The van der Waals surface area contributed by atoms with Crippen molar-refractivity contribution in [1.29, 1.82) is 0 Å². The number of likely N-dealkylation sites (N-methyl/N-ethyl adjacent to an activating group) is 2. The summed E-state index contributed by atoms with van der Waals surface area (Å²) in [6, 6.07) is 6.45. The molecule has 1 amide bonds. The van der Waals surface area contributed by atoms with Crippen LogP contribution in [0.2, 0.25) is 0 Å². The number of nitrogens with zero attached hydrogens (tertiary/aromatic N) is 1. The minimum absolute atomic E-state index is 0.00678. The third-order valence-corrected chi connectivity index (χ3v) is 2.52. The fourth-order valence-electron chi connectivity index (χ4n) is 1.59. The molecule has 0 bridgehead atoms. The molecule has 1 aromatic carbocycles. The van der Waals surface area contributed by atoms with Gasteiger partial charge in [0, 0.05) is 19.6 Å². The lowest BCUT2D eigenvalue weighted by molar-refractivity contribution is -0.120. The van der Waals surface area contributed by atoms with Gasteiger partial charge in [-0.2, -0.15) is 0 Å². The van der Waals surface area contributed by atoms with Gasteiger partial charge in [0.25, 0.3) is 0 Å². The van der Waals surface area contributed by atoms with Gasteiger partial charge in [0.15, 0.2) is 0 Å². The van der Waals surface area contributed by atoms with Gasteiger partial charge in [0.05, 0.1) is 6.54 Å². The van der Waals surface area contributed by atoms with E-state index in [9.17, 15) is 9.18 Å². The number of carbonyl (C=O) groups excluding carboxylic acids is 1. The molecule has 0 atom stereocenters. The van der Waals surface area contributed by atoms with Gasteiger partial charge in [-0.15, -0.1) is 0 Å². The van der Waals surface area contributed by atoms with Gasteiger partial charge < -0.3 is 15.5 Å². The molecule has 0 fully saturated rings. The first-order valence-corrected chi connectivity index (χ1v) is 5.96. The summed E-state index contributed by atoms with van der Waals surface area (Å²) in [5.74, 6) is -0.228. The standard InChI is InChI=1S/C13H20FN3O/c1-15-9-13(18)16-7-8-17(2)10-11-3-5-12(14)6-4-11/h3-6,15H,7-10H2,1-2H3,(H,16,18). The molecule has 0 unspecified atom stereocenters. The monoisotopic (exact) mass is 253 g/mol. The summed E-state index contributed by atoms with van der Waals surface area (Å²) < 4.78 is 12.7. The molecule has 0 aliphatic heterocycles. The smallest absolute Gasteiger partial charge is 0.233 e. The number of hydrogen-bond donors (Lipinski definition) is 2. The van der Waals surface area contributed by atoms with Gasteiger partial charge in [-0.3, -0.25) is 4.79 Å². The molecule has 0 aliphatic rings. The normalized spacial score (nSPS) is 10.7. The molecule has 0 aliphatic carbocycles. The lowest BCUT2D eigenvalue weighted by Gasteiger charge is -2.17. The zero-order chi connectivity index (χ0) is 13.4. The largest absolute Gasteiger partial charge is 0.354 e. The molecule has 1 rings (SSSR count). The summed E-state index contributed by atoms with van der Waals surface area (Å²) >= 11 is 0. The molecule has 2 N–H and O–H groups in total. The second-order valence-electron chi connectivity index (χ2n) is 4.24. The number of benzene rings is 1. The molecule has 1 aromatic rings. The van der Waals surface area contributed by atoms with Crippen molar-refractivity contribution < 1.29 is 9.18 Å². The first-order valence-electron chi connectivity index (χ1n) is 5.96. The van der Waals surface area contributed by atoms with E-state index in [1.54, 1.807) is 19.2 Å². The van der Waals surface area contributed by atoms with Crippen molar-refractivity contribution in [2.75, 3.05) is 33.7 Å². The Kier molecular flexibility index (Phi) is 6.32. The average molecular weight is 253 g/mol. The topological polar surface area (TPSA) is 44.4 Å². The Morgan fingerprint density at radius 1 is 1.33 bits per heavy atom. The zero-order valence-electron chi connectivity index (χ0n) is 10.9. The molecule has 0 aromatic heterocycles. The zero-order valence-corrected chi connectivity index (χ0v) is 10.9. The third-order valence-electron chi connectivity index (χ3n) is 2.52. The summed E-state index contributed by atoms with van der Waals surface area (Å²) in [5.41, 5.74) is 1.06. The molecule has 0 heterocycles. The fraction of sp³-hybridized carbons (Fsp3) is 0.462. The SMILES string of the molecule is CNCC(=O)NCCN(C)Cc1ccc(F)cc1. The lowest BCUT2D eigenvalue weighted by atomic mass is 10.2. The summed E-state index contributed by atoms with van der Waals surface area (Å²) in [6.07, 6.45) is 0. The molecular weight excluding hydrogens is 233 g/mol. The summed E-state index contributed by atoms with van der Waals surface area (Å²) in [4.78, 5) is 13.3. The molecule has 4 nitrogen and oxygen atoms in total. The maximum absolute atomic E-state index is 12.7. The highest BCUT2D eigenvalue weighted by molar-refractivity contribution is 5.77. The van der Waals surface area contributed by atoms with Crippen LogP contribution in [0.5, 0.6) is 0 Å². The van der Waals surface area contributed by atoms with E-state index in [2.05, 4.69) is 15.5 Å². The second-order valence-corrected chi connectivity index (χ2v) is 4.24. The van der Waals surface area contributed by atoms with Crippen molar-refractivity contribution >= 4 is 5.91 Å². The second kappa shape index (κ2) is 7.79. The van der Waals surface area contributed by atoms with Crippen LogP contribution in [0.15, 0.2) is 24.3 Å². The Morgan fingerprint density at radius 3 is 2.61 bits per heavy atom. The van der Waals surface area contributed by atoms with E-state index in [0.29, 0.717) is 13.1 Å². The summed E-state index contributed by atoms with van der Waals surface area (Å²) in [5, 5.41) is 5.60. The maximum Gasteiger partial charge on any atom is 0.233 e. The van der Waals surface area contributed by atoms with Gasteiger partial charge in [0.2, 0.25) is 5.91 Å². The van der Waals surface area contributed by atoms with Gasteiger partial charge in [0.1, 0.15) is 5.82 Å². The van der Waals surface area contributed by atoms with E-state index in [4.69, 9.17) is 0 Å². The van der Waals surface area contributed by atoms with Crippen LogP contribution in [-0.4, -0.2) is 44.5 Å². The van der Waals surface area contributed by atoms with Gasteiger partial charge in [-0.25, -0.2) is 4.39 Å². The van der Waals surface area contributed by atoms with E-state index >= 15 is 0 Å². The van der Waals surface area contributed by atoms with Crippen LogP contribution in [0.3, 0.4) is 0 Å². The van der Waals surface area contributed by atoms with Crippen molar-refractivity contribution in [3.05, 3.63) is 35.6 Å². The van der Waals surface area contributed by atoms with E-state index in [1.165, 1.54) is 12.1 Å². The molecule has 5 heteroatoms. The highest BCUT2D eigenvalue weighted by atomic mass is 19.1. The number of nitrogens with one attached hydrogen (secondary N) is 2. The fourth-order valence-corrected chi connectivity index (χ4v) is 1.59. The molecule has 0 radical (unpaired) electrons. The van der Waals surface area contributed by atoms with Crippen LogP contribution in [0.25, 0.3) is 0 Å². The number of carbonyl (C=O) groups is 1. The van der Waals surface area contributed by atoms with Crippen molar-refractivity contribution in [3.63, 3.8) is 0 Å². The molecule has 100 valence electrons. The van der Waals surface area contributed by atoms with Crippen LogP contribution < -0.4 is 10.6 Å². The summed E-state index contributed by atoms with van der Waals surface area (Å²) in [7, 11) is 3.70. The van der Waals surface area contributed by atoms with Gasteiger partial charge in [-0.05, 0) is 31.8 Å². The van der Waals surface area contributed by atoms with Crippen LogP contribution in [-0.2, 0) is 11.3 Å². The Labute approximate surface area is 107 Å². The van der Waals surface area contributed by atoms with Crippen molar-refractivity contribution in [2.45, 2.75) is 6.54 Å². The minimum atomic E-state index is -0.222. The number of halogens is 1. The molecule has 18 heavy (non-hydrogen) atoms. The lowest BCUT2D eigenvalue weighted by Crippen LogP contribution is -2.37. The molecular formula is C13H20FN3O. The van der Waals surface area contributed by atoms with Gasteiger partial charge >= 0.3 is 0 Å². The number of rotatable bonds is 7. The summed E-state index contributed by atoms with van der Waals surface area (Å²) in [6.45, 7) is 2.44. The van der Waals surface area contributed by atoms with Crippen molar-refractivity contribution in [2.24, 2.45) is 0 Å². The van der Waals surface area contributed by atoms with Crippen LogP contribution >= 0.6 is 0 Å². The Hall–Kier alpha value is -1.46. The number of amides is 1. The Balaban J connectivity index is 2.23. The first kappa shape index (κ1) is 14.6. The van der Waals surface area contributed by atoms with E-state index in [-0.39, 0.29) is 11.7 Å². The first-order chi connectivity index (χ1) is 8.61. The van der Waals surface area contributed by atoms with E-state index < -0.39 is 0 Å². The van der Waals surface area contributed by atoms with E-state index in [0.717, 1.165) is 18.7 Å². The quantitative estimate of drug-likeness (QED) is 0.747. The minimum Gasteiger partial charge on any atom is -0.354 e. The van der Waals surface area contributed by atoms with Crippen LogP contribution in [0, 0.1) is 5.82 Å². The van der Waals surface area contributed by atoms with Crippen LogP contribution in [0.4, 0.5) is 4.39 Å². The maximum atomic E-state index is 12.7. The van der Waals surface area contributed by atoms with Crippen molar-refractivity contribution in [1.82, 2.24) is 15.5 Å². The molecule has 0 saturated carbocycles. The number of hydrogen-bond acceptors (Lipinski definition) is 3. The van der Waals surface area contributed by atoms with Crippen molar-refractivity contribution in [3.8, 4) is 0 Å². The Bertz CT molecular complexity index is 367. The predicted molar refractivity (Wildman–Crippen MR) is 69.7 cm³/mol. The average Bonchev–Trinajstić information content (AvgIpc) is 2.32. The third kappa shape index (κ3) is 5.75. The molecule has 0 spiro atoms. The van der Waals surface area contributed by atoms with Gasteiger partial charge in [-0.1, -0.05) is 12.1 Å². The highest BCUT2D eigenvalue weighted by Gasteiger charge is 2.02. The highest BCUT2D eigenvalue weighted by Crippen LogP contribution is 2.04. The predicted octanol–water partition coefficient (Wildman–Crippen LogP) is 0.593. The molecule has 0 saturated heterocycles. The van der Waals surface area contributed by atoms with E-state index in [1.807, 2.05) is 7.05 Å².